The normalized spacial score (nSPS) is 17.2. The van der Waals surface area contributed by atoms with Crippen LogP contribution in [0.3, 0.4) is 0 Å². The van der Waals surface area contributed by atoms with Crippen molar-refractivity contribution >= 4 is 17.4 Å². The molecule has 0 N–H and O–H groups in total. The van der Waals surface area contributed by atoms with E-state index in [1.54, 1.807) is 0 Å². The molecule has 1 unspecified atom stereocenters. The second kappa shape index (κ2) is 8.95. The molecule has 0 aliphatic carbocycles. The maximum absolute atomic E-state index is 13.8. The maximum atomic E-state index is 13.8. The molecule has 0 fully saturated rings. The molecular formula is C14H17F17OSi2. The van der Waals surface area contributed by atoms with Gasteiger partial charge in [0.25, 0.3) is 0 Å². The molecule has 1 nitrogen and oxygen atoms in total. The summed E-state index contributed by atoms with van der Waals surface area (Å²) in [6.07, 6.45) is -10.2. The minimum absolute atomic E-state index is 1.09. The van der Waals surface area contributed by atoms with E-state index in [0.29, 0.717) is 0 Å². The van der Waals surface area contributed by atoms with Gasteiger partial charge in [0.2, 0.25) is 0 Å². The maximum Gasteiger partial charge on any atom is 0.460 e. The van der Waals surface area contributed by atoms with Crippen molar-refractivity contribution in [2.24, 2.45) is 0 Å². The number of halogens is 17. The molecule has 0 amide bonds. The van der Waals surface area contributed by atoms with E-state index in [0.717, 1.165) is 6.55 Å². The molecule has 0 aromatic heterocycles. The Labute approximate surface area is 183 Å². The van der Waals surface area contributed by atoms with Gasteiger partial charge in [0, 0.05) is 6.42 Å². The number of rotatable bonds is 11. The van der Waals surface area contributed by atoms with Crippen LogP contribution >= 0.6 is 0 Å². The lowest BCUT2D eigenvalue weighted by Crippen LogP contribution is -2.74. The molecule has 0 rings (SSSR count). The minimum atomic E-state index is -8.59. The molecule has 0 aromatic rings. The molecule has 34 heavy (non-hydrogen) atoms. The van der Waals surface area contributed by atoms with Crippen LogP contribution in [0, 0.1) is 0 Å². The van der Waals surface area contributed by atoms with Crippen LogP contribution in [0.2, 0.25) is 32.2 Å². The molecule has 0 saturated carbocycles. The Balaban J connectivity index is 6.35. The van der Waals surface area contributed by atoms with E-state index in [9.17, 15) is 74.6 Å². The lowest BCUT2D eigenvalue weighted by Gasteiger charge is -2.43. The van der Waals surface area contributed by atoms with E-state index in [2.05, 4.69) is 0 Å². The van der Waals surface area contributed by atoms with Crippen molar-refractivity contribution in [1.29, 1.82) is 0 Å². The smallest absolute Gasteiger partial charge is 0.458 e. The summed E-state index contributed by atoms with van der Waals surface area (Å²) in [4.78, 5) is 0. The van der Waals surface area contributed by atoms with Gasteiger partial charge in [-0.2, -0.15) is 74.6 Å². The lowest BCUT2D eigenvalue weighted by molar-refractivity contribution is -0.461. The fourth-order valence-corrected chi connectivity index (χ4v) is 8.47. The zero-order valence-electron chi connectivity index (χ0n) is 17.3. The Bertz CT molecular complexity index is 710. The highest BCUT2D eigenvalue weighted by Crippen LogP contribution is 2.64. The lowest BCUT2D eigenvalue weighted by atomic mass is 9.88. The fraction of sp³-hybridized carbons (Fsp3) is 1.00. The third-order valence-corrected chi connectivity index (χ3v) is 9.75. The van der Waals surface area contributed by atoms with Crippen molar-refractivity contribution in [2.75, 3.05) is 0 Å². The molecule has 0 bridgehead atoms. The van der Waals surface area contributed by atoms with Crippen LogP contribution in [-0.4, -0.2) is 65.0 Å². The summed E-state index contributed by atoms with van der Waals surface area (Å²) in [5.41, 5.74) is 0. The van der Waals surface area contributed by atoms with Crippen LogP contribution in [0.4, 0.5) is 74.6 Å². The van der Waals surface area contributed by atoms with Crippen molar-refractivity contribution in [1.82, 2.24) is 0 Å². The van der Waals surface area contributed by atoms with E-state index < -0.39 is 77.5 Å². The Morgan fingerprint density at radius 2 is 0.824 bits per heavy atom. The summed E-state index contributed by atoms with van der Waals surface area (Å²) < 4.78 is 229. The van der Waals surface area contributed by atoms with Crippen molar-refractivity contribution in [3.8, 4) is 0 Å². The van der Waals surface area contributed by atoms with Crippen LogP contribution in [0.1, 0.15) is 6.42 Å². The van der Waals surface area contributed by atoms with E-state index in [1.807, 2.05) is 0 Å². The molecule has 0 radical (unpaired) electrons. The molecular weight excluding hydrogens is 563 g/mol. The Hall–Kier alpha value is -0.796. The Morgan fingerprint density at radius 3 is 1.12 bits per heavy atom. The monoisotopic (exact) mass is 580 g/mol. The molecule has 0 aliphatic heterocycles. The van der Waals surface area contributed by atoms with Crippen molar-refractivity contribution in [3.05, 3.63) is 0 Å². The van der Waals surface area contributed by atoms with Crippen LogP contribution in [0.15, 0.2) is 0 Å². The average Bonchev–Trinajstić information content (AvgIpc) is 2.56. The predicted octanol–water partition coefficient (Wildman–Crippen LogP) is 7.59. The second-order valence-corrected chi connectivity index (χ2v) is 15.6. The first-order chi connectivity index (χ1) is 14.4. The minimum Gasteiger partial charge on any atom is -0.458 e. The van der Waals surface area contributed by atoms with Gasteiger partial charge in [0.1, 0.15) is 0 Å². The van der Waals surface area contributed by atoms with Gasteiger partial charge in [-0.1, -0.05) is 0 Å². The van der Waals surface area contributed by atoms with Gasteiger partial charge in [-0.25, -0.2) is 0 Å². The van der Waals surface area contributed by atoms with Crippen molar-refractivity contribution in [3.63, 3.8) is 0 Å². The molecule has 206 valence electrons. The van der Waals surface area contributed by atoms with Crippen LogP contribution in [0.25, 0.3) is 0 Å². The quantitative estimate of drug-likeness (QED) is 0.181. The molecule has 0 heterocycles. The van der Waals surface area contributed by atoms with Gasteiger partial charge in [-0.15, -0.1) is 0 Å². The standard InChI is InChI=1S/C14H17F17OSi2/c1-33(32-34(2,3)4)6-5-7(15,16)8(17,18)9(19,20)10(21,22)11(23,24)12(25,26)13(27,28)14(29,30)31/h33H,5-6H2,1-4H3. The zero-order valence-corrected chi connectivity index (χ0v) is 19.5. The molecule has 0 aliphatic rings. The number of alkyl halides is 17. The summed E-state index contributed by atoms with van der Waals surface area (Å²) in [7, 11) is -5.37. The SMILES string of the molecule is C[SiH](CCC(F)(F)C(F)(F)C(F)(F)C(F)(F)C(F)(F)C(F)(F)C(F)(F)C(F)(F)F)O[Si](C)(C)C. The third-order valence-electron chi connectivity index (χ3n) is 4.21. The fourth-order valence-electron chi connectivity index (χ4n) is 2.40. The van der Waals surface area contributed by atoms with E-state index in [-0.39, 0.29) is 0 Å². The van der Waals surface area contributed by atoms with Gasteiger partial charge < -0.3 is 4.12 Å². The summed E-state index contributed by atoms with van der Waals surface area (Å²) in [5, 5.41) is 0. The first kappa shape index (κ1) is 33.2. The third kappa shape index (κ3) is 5.31. The Kier molecular flexibility index (Phi) is 8.74. The molecule has 1 atom stereocenters. The van der Waals surface area contributed by atoms with Crippen LogP contribution in [-0.2, 0) is 4.12 Å². The highest BCUT2D eigenvalue weighted by molar-refractivity contribution is 6.77. The van der Waals surface area contributed by atoms with Gasteiger partial charge in [0.15, 0.2) is 17.4 Å². The van der Waals surface area contributed by atoms with Crippen LogP contribution < -0.4 is 0 Å². The predicted molar refractivity (Wildman–Crippen MR) is 87.6 cm³/mol. The summed E-state index contributed by atoms with van der Waals surface area (Å²) in [5.74, 6) is -55.9. The van der Waals surface area contributed by atoms with Crippen LogP contribution in [0.5, 0.6) is 0 Å². The zero-order chi connectivity index (χ0) is 28.2. The second-order valence-electron chi connectivity index (χ2n) is 8.23. The van der Waals surface area contributed by atoms with E-state index in [1.165, 1.54) is 19.6 Å². The topological polar surface area (TPSA) is 9.23 Å². The first-order valence-corrected chi connectivity index (χ1v) is 14.6. The highest BCUT2D eigenvalue weighted by Gasteiger charge is 2.95. The Morgan fingerprint density at radius 1 is 0.529 bits per heavy atom. The molecule has 0 aromatic carbocycles. The summed E-state index contributed by atoms with van der Waals surface area (Å²) in [6.45, 7) is 5.54. The average molecular weight is 580 g/mol. The number of hydrogen-bond donors (Lipinski definition) is 0. The van der Waals surface area contributed by atoms with Gasteiger partial charge >= 0.3 is 47.6 Å². The van der Waals surface area contributed by atoms with Gasteiger partial charge in [-0.05, 0) is 32.2 Å². The molecule has 20 heteroatoms. The first-order valence-electron chi connectivity index (χ1n) is 8.74. The number of hydrogen-bond acceptors (Lipinski definition) is 1. The summed E-state index contributed by atoms with van der Waals surface area (Å²) in [6, 6.07) is -1.15. The molecule has 0 spiro atoms. The van der Waals surface area contributed by atoms with Crippen molar-refractivity contribution in [2.45, 2.75) is 86.3 Å². The van der Waals surface area contributed by atoms with E-state index in [4.69, 9.17) is 4.12 Å². The highest BCUT2D eigenvalue weighted by atomic mass is 28.4. The summed E-state index contributed by atoms with van der Waals surface area (Å²) >= 11 is 0. The van der Waals surface area contributed by atoms with E-state index >= 15 is 0 Å². The van der Waals surface area contributed by atoms with Gasteiger partial charge in [0.05, 0.1) is 0 Å². The van der Waals surface area contributed by atoms with Gasteiger partial charge in [-0.3, -0.25) is 0 Å². The molecule has 0 saturated heterocycles. The largest absolute Gasteiger partial charge is 0.460 e. The van der Waals surface area contributed by atoms with Crippen molar-refractivity contribution < 1.29 is 78.8 Å².